The number of furan rings is 1. The van der Waals surface area contributed by atoms with E-state index in [9.17, 15) is 4.39 Å². The molecule has 3 nitrogen and oxygen atoms in total. The number of rotatable bonds is 6. The SMILES string of the molecule is CC(CCc1ccco1)Nc1ccc(F)cc1C(N)=S. The summed E-state index contributed by atoms with van der Waals surface area (Å²) in [4.78, 5) is 0.185. The van der Waals surface area contributed by atoms with E-state index < -0.39 is 0 Å². The first-order valence-corrected chi connectivity index (χ1v) is 6.85. The van der Waals surface area contributed by atoms with Crippen LogP contribution in [0.15, 0.2) is 41.0 Å². The average Bonchev–Trinajstić information content (AvgIpc) is 2.91. The van der Waals surface area contributed by atoms with Crippen LogP contribution in [0.2, 0.25) is 0 Å². The summed E-state index contributed by atoms with van der Waals surface area (Å²) in [6.45, 7) is 2.05. The van der Waals surface area contributed by atoms with E-state index in [0.29, 0.717) is 5.56 Å². The highest BCUT2D eigenvalue weighted by molar-refractivity contribution is 7.80. The number of nitrogens with two attached hydrogens (primary N) is 1. The molecule has 1 aromatic carbocycles. The van der Waals surface area contributed by atoms with Gasteiger partial charge >= 0.3 is 0 Å². The maximum absolute atomic E-state index is 13.2. The molecule has 0 spiro atoms. The number of nitrogens with one attached hydrogen (secondary N) is 1. The highest BCUT2D eigenvalue weighted by Gasteiger charge is 2.10. The predicted molar refractivity (Wildman–Crippen MR) is 82.4 cm³/mol. The predicted octanol–water partition coefficient (Wildman–Crippen LogP) is 3.49. The van der Waals surface area contributed by atoms with Gasteiger partial charge in [0.05, 0.1) is 6.26 Å². The minimum atomic E-state index is -0.346. The Bertz CT molecular complexity index is 584. The number of aryl methyl sites for hydroxylation is 1. The number of hydrogen-bond acceptors (Lipinski definition) is 3. The summed E-state index contributed by atoms with van der Waals surface area (Å²) in [5.74, 6) is 0.605. The van der Waals surface area contributed by atoms with E-state index in [0.717, 1.165) is 24.3 Å². The molecule has 0 fully saturated rings. The fourth-order valence-electron chi connectivity index (χ4n) is 2.00. The molecular weight excluding hydrogens is 275 g/mol. The lowest BCUT2D eigenvalue weighted by atomic mass is 10.1. The Morgan fingerprint density at radius 3 is 2.90 bits per heavy atom. The zero-order valence-corrected chi connectivity index (χ0v) is 12.0. The Morgan fingerprint density at radius 1 is 1.45 bits per heavy atom. The van der Waals surface area contributed by atoms with Crippen LogP contribution in [0.3, 0.4) is 0 Å². The second-order valence-corrected chi connectivity index (χ2v) is 5.16. The van der Waals surface area contributed by atoms with Gasteiger partial charge < -0.3 is 15.5 Å². The standard InChI is InChI=1S/C15H17FN2OS/c1-10(4-6-12-3-2-8-19-12)18-14-7-5-11(16)9-13(14)15(17)20/h2-3,5,7-10,18H,4,6H2,1H3,(H2,17,20). The largest absolute Gasteiger partial charge is 0.469 e. The van der Waals surface area contributed by atoms with E-state index in [1.807, 2.05) is 12.1 Å². The lowest BCUT2D eigenvalue weighted by Crippen LogP contribution is -2.20. The third-order valence-electron chi connectivity index (χ3n) is 3.05. The lowest BCUT2D eigenvalue weighted by Gasteiger charge is -2.17. The van der Waals surface area contributed by atoms with Gasteiger partial charge in [0.25, 0.3) is 0 Å². The maximum atomic E-state index is 13.2. The molecule has 0 radical (unpaired) electrons. The third-order valence-corrected chi connectivity index (χ3v) is 3.27. The number of halogens is 1. The molecule has 0 saturated carbocycles. The van der Waals surface area contributed by atoms with Gasteiger partial charge in [-0.05, 0) is 43.7 Å². The van der Waals surface area contributed by atoms with Crippen molar-refractivity contribution < 1.29 is 8.81 Å². The van der Waals surface area contributed by atoms with Crippen LogP contribution in [0.1, 0.15) is 24.7 Å². The van der Waals surface area contributed by atoms with Crippen LogP contribution < -0.4 is 11.1 Å². The maximum Gasteiger partial charge on any atom is 0.124 e. The molecule has 0 saturated heterocycles. The summed E-state index contributed by atoms with van der Waals surface area (Å²) in [5, 5.41) is 3.31. The molecule has 1 unspecified atom stereocenters. The van der Waals surface area contributed by atoms with E-state index in [4.69, 9.17) is 22.4 Å². The van der Waals surface area contributed by atoms with Gasteiger partial charge in [-0.2, -0.15) is 0 Å². The molecule has 0 bridgehead atoms. The molecule has 2 rings (SSSR count). The van der Waals surface area contributed by atoms with Crippen LogP contribution >= 0.6 is 12.2 Å². The van der Waals surface area contributed by atoms with Gasteiger partial charge in [0.15, 0.2) is 0 Å². The van der Waals surface area contributed by atoms with Crippen molar-refractivity contribution in [1.82, 2.24) is 0 Å². The van der Waals surface area contributed by atoms with Crippen LogP contribution in [0.25, 0.3) is 0 Å². The minimum absolute atomic E-state index is 0.185. The Balaban J connectivity index is 2.00. The van der Waals surface area contributed by atoms with Crippen LogP contribution in [0.5, 0.6) is 0 Å². The molecule has 0 aliphatic rings. The zero-order chi connectivity index (χ0) is 14.5. The zero-order valence-electron chi connectivity index (χ0n) is 11.2. The van der Waals surface area contributed by atoms with Gasteiger partial charge in [-0.1, -0.05) is 12.2 Å². The minimum Gasteiger partial charge on any atom is -0.469 e. The van der Waals surface area contributed by atoms with Crippen LogP contribution in [-0.4, -0.2) is 11.0 Å². The fourth-order valence-corrected chi connectivity index (χ4v) is 2.17. The molecule has 2 aromatic rings. The topological polar surface area (TPSA) is 51.2 Å². The van der Waals surface area contributed by atoms with Gasteiger partial charge in [-0.3, -0.25) is 0 Å². The lowest BCUT2D eigenvalue weighted by molar-refractivity contribution is 0.495. The van der Waals surface area contributed by atoms with Crippen LogP contribution in [0, 0.1) is 5.82 Å². The van der Waals surface area contributed by atoms with Crippen molar-refractivity contribution in [2.45, 2.75) is 25.8 Å². The first-order chi connectivity index (χ1) is 9.56. The highest BCUT2D eigenvalue weighted by Crippen LogP contribution is 2.19. The molecule has 0 aliphatic carbocycles. The second kappa shape index (κ2) is 6.52. The molecule has 0 aliphatic heterocycles. The highest BCUT2D eigenvalue weighted by atomic mass is 32.1. The molecule has 3 N–H and O–H groups in total. The Hall–Kier alpha value is -1.88. The summed E-state index contributed by atoms with van der Waals surface area (Å²) < 4.78 is 18.5. The summed E-state index contributed by atoms with van der Waals surface area (Å²) >= 11 is 4.95. The van der Waals surface area contributed by atoms with Crippen molar-refractivity contribution in [3.63, 3.8) is 0 Å². The average molecular weight is 292 g/mol. The smallest absolute Gasteiger partial charge is 0.124 e. The molecule has 20 heavy (non-hydrogen) atoms. The van der Waals surface area contributed by atoms with Crippen molar-refractivity contribution in [1.29, 1.82) is 0 Å². The summed E-state index contributed by atoms with van der Waals surface area (Å²) in [6.07, 6.45) is 3.39. The van der Waals surface area contributed by atoms with E-state index in [-0.39, 0.29) is 16.8 Å². The van der Waals surface area contributed by atoms with Gasteiger partial charge in [-0.15, -0.1) is 0 Å². The van der Waals surface area contributed by atoms with E-state index >= 15 is 0 Å². The van der Waals surface area contributed by atoms with Gasteiger partial charge in [0.1, 0.15) is 16.6 Å². The number of benzene rings is 1. The molecule has 0 amide bonds. The van der Waals surface area contributed by atoms with Crippen molar-refractivity contribution in [3.8, 4) is 0 Å². The molecule has 1 atom stereocenters. The number of hydrogen-bond donors (Lipinski definition) is 2. The summed E-state index contributed by atoms with van der Waals surface area (Å²) in [5.41, 5.74) is 6.91. The molecule has 1 heterocycles. The van der Waals surface area contributed by atoms with E-state index in [2.05, 4.69) is 12.2 Å². The van der Waals surface area contributed by atoms with Crippen molar-refractivity contribution in [3.05, 3.63) is 53.7 Å². The molecule has 106 valence electrons. The molecule has 1 aromatic heterocycles. The monoisotopic (exact) mass is 292 g/mol. The first kappa shape index (κ1) is 14.5. The fraction of sp³-hybridized carbons (Fsp3) is 0.267. The normalized spacial score (nSPS) is 12.1. The quantitative estimate of drug-likeness (QED) is 0.800. The Labute approximate surface area is 123 Å². The second-order valence-electron chi connectivity index (χ2n) is 4.72. The van der Waals surface area contributed by atoms with E-state index in [1.54, 1.807) is 12.3 Å². The van der Waals surface area contributed by atoms with Gasteiger partial charge in [-0.25, -0.2) is 4.39 Å². The Kier molecular flexibility index (Phi) is 4.74. The molecule has 5 heteroatoms. The number of thiocarbonyl (C=S) groups is 1. The summed E-state index contributed by atoms with van der Waals surface area (Å²) in [7, 11) is 0. The van der Waals surface area contributed by atoms with Gasteiger partial charge in [0.2, 0.25) is 0 Å². The van der Waals surface area contributed by atoms with Crippen LogP contribution in [0.4, 0.5) is 10.1 Å². The molecular formula is C15H17FN2OS. The van der Waals surface area contributed by atoms with Crippen LogP contribution in [-0.2, 0) is 6.42 Å². The van der Waals surface area contributed by atoms with E-state index in [1.165, 1.54) is 12.1 Å². The first-order valence-electron chi connectivity index (χ1n) is 6.44. The number of anilines is 1. The van der Waals surface area contributed by atoms with Gasteiger partial charge in [0, 0.05) is 23.7 Å². The summed E-state index contributed by atoms with van der Waals surface area (Å²) in [6, 6.07) is 8.42. The van der Waals surface area contributed by atoms with Crippen molar-refractivity contribution in [2.75, 3.05) is 5.32 Å². The Morgan fingerprint density at radius 2 is 2.25 bits per heavy atom. The van der Waals surface area contributed by atoms with Crippen molar-refractivity contribution >= 4 is 22.9 Å². The third kappa shape index (κ3) is 3.81. The van der Waals surface area contributed by atoms with Crippen molar-refractivity contribution in [2.24, 2.45) is 5.73 Å².